The van der Waals surface area contributed by atoms with Crippen LogP contribution < -0.4 is 5.32 Å². The molecule has 0 aliphatic carbocycles. The third-order valence-electron chi connectivity index (χ3n) is 4.99. The highest BCUT2D eigenvalue weighted by molar-refractivity contribution is 6.07. The molecule has 4 aromatic rings. The molecular weight excluding hydrogens is 352 g/mol. The number of amides is 1. The maximum Gasteiger partial charge on any atom is 0.255 e. The molecule has 0 bridgehead atoms. The number of aryl methyl sites for hydroxylation is 1. The summed E-state index contributed by atoms with van der Waals surface area (Å²) in [4.78, 5) is 17.1. The number of carbonyl (C=O) groups is 1. The summed E-state index contributed by atoms with van der Waals surface area (Å²) in [5.41, 5.74) is 3.71. The number of nitrogens with zero attached hydrogens (tertiary/aromatic N) is 5. The van der Waals surface area contributed by atoms with E-state index < -0.39 is 0 Å². The van der Waals surface area contributed by atoms with Crippen LogP contribution in [0.15, 0.2) is 43.0 Å². The first-order valence-electron chi connectivity index (χ1n) is 9.69. The molecule has 0 saturated heterocycles. The SMILES string of the molecule is CCCC(CC)n1cc2cc(C(=O)Nc3cnn4cc(C)cnc34)ccc2n1. The van der Waals surface area contributed by atoms with E-state index in [1.807, 2.05) is 36.1 Å². The van der Waals surface area contributed by atoms with Crippen LogP contribution in [0.25, 0.3) is 16.6 Å². The lowest BCUT2D eigenvalue weighted by Gasteiger charge is -2.13. The van der Waals surface area contributed by atoms with Crippen LogP contribution in [0.5, 0.6) is 0 Å². The van der Waals surface area contributed by atoms with Gasteiger partial charge in [0, 0.05) is 29.5 Å². The molecule has 4 rings (SSSR count). The van der Waals surface area contributed by atoms with E-state index in [0.717, 1.165) is 35.7 Å². The molecule has 1 aromatic carbocycles. The van der Waals surface area contributed by atoms with E-state index in [-0.39, 0.29) is 5.91 Å². The number of hydrogen-bond donors (Lipinski definition) is 1. The summed E-state index contributed by atoms with van der Waals surface area (Å²) in [6.45, 7) is 6.31. The molecule has 1 atom stereocenters. The van der Waals surface area contributed by atoms with Gasteiger partial charge in [0.1, 0.15) is 5.69 Å². The number of fused-ring (bicyclic) bond motifs is 2. The first-order valence-corrected chi connectivity index (χ1v) is 9.69. The molecule has 28 heavy (non-hydrogen) atoms. The first kappa shape index (κ1) is 18.2. The van der Waals surface area contributed by atoms with Crippen LogP contribution in [-0.2, 0) is 0 Å². The van der Waals surface area contributed by atoms with Crippen molar-refractivity contribution in [2.45, 2.75) is 46.1 Å². The Morgan fingerprint density at radius 1 is 1.21 bits per heavy atom. The first-order chi connectivity index (χ1) is 13.6. The van der Waals surface area contributed by atoms with Gasteiger partial charge in [0.25, 0.3) is 5.91 Å². The molecule has 0 radical (unpaired) electrons. The van der Waals surface area contributed by atoms with Crippen LogP contribution in [-0.4, -0.2) is 30.3 Å². The summed E-state index contributed by atoms with van der Waals surface area (Å²) in [7, 11) is 0. The third kappa shape index (κ3) is 3.35. The Morgan fingerprint density at radius 2 is 2.07 bits per heavy atom. The minimum absolute atomic E-state index is 0.187. The Hall–Kier alpha value is -3.22. The average molecular weight is 376 g/mol. The zero-order valence-corrected chi connectivity index (χ0v) is 16.4. The Kier molecular flexibility index (Phi) is 4.81. The Balaban J connectivity index is 1.60. The summed E-state index contributed by atoms with van der Waals surface area (Å²) >= 11 is 0. The standard InChI is InChI=1S/C21H24N6O/c1-4-6-17(5-2)26-13-16-9-15(7-8-18(16)25-26)21(28)24-19-11-23-27-12-14(3)10-22-20(19)27/h7-13,17H,4-6H2,1-3H3,(H,24,28). The number of aromatic nitrogens is 5. The van der Waals surface area contributed by atoms with Gasteiger partial charge in [0.15, 0.2) is 5.65 Å². The van der Waals surface area contributed by atoms with Gasteiger partial charge >= 0.3 is 0 Å². The molecule has 3 aromatic heterocycles. The van der Waals surface area contributed by atoms with Crippen LogP contribution in [0.4, 0.5) is 5.69 Å². The molecule has 7 nitrogen and oxygen atoms in total. The number of anilines is 1. The molecule has 1 amide bonds. The summed E-state index contributed by atoms with van der Waals surface area (Å²) in [6.07, 6.45) is 10.5. The Labute approximate surface area is 163 Å². The topological polar surface area (TPSA) is 77.1 Å². The summed E-state index contributed by atoms with van der Waals surface area (Å²) in [5, 5.41) is 12.8. The third-order valence-corrected chi connectivity index (χ3v) is 4.99. The van der Waals surface area contributed by atoms with Crippen LogP contribution in [0.1, 0.15) is 55.1 Å². The maximum absolute atomic E-state index is 12.8. The predicted octanol–water partition coefficient (Wildman–Crippen LogP) is 4.39. The molecule has 7 heteroatoms. The van der Waals surface area contributed by atoms with Crippen LogP contribution in [0.2, 0.25) is 0 Å². The molecule has 0 spiro atoms. The van der Waals surface area contributed by atoms with Gasteiger partial charge in [-0.25, -0.2) is 9.50 Å². The zero-order chi connectivity index (χ0) is 19.7. The van der Waals surface area contributed by atoms with E-state index >= 15 is 0 Å². The summed E-state index contributed by atoms with van der Waals surface area (Å²) in [6, 6.07) is 5.98. The Morgan fingerprint density at radius 3 is 2.86 bits per heavy atom. The largest absolute Gasteiger partial charge is 0.317 e. The molecular formula is C21H24N6O. The van der Waals surface area contributed by atoms with Crippen molar-refractivity contribution < 1.29 is 4.79 Å². The highest BCUT2D eigenvalue weighted by Crippen LogP contribution is 2.23. The van der Waals surface area contributed by atoms with Crippen molar-refractivity contribution in [3.05, 3.63) is 54.1 Å². The number of nitrogens with one attached hydrogen (secondary N) is 1. The second kappa shape index (κ2) is 7.42. The fourth-order valence-corrected chi connectivity index (χ4v) is 3.48. The molecule has 0 saturated carbocycles. The smallest absolute Gasteiger partial charge is 0.255 e. The molecule has 0 aliphatic rings. The molecule has 1 N–H and O–H groups in total. The molecule has 0 fully saturated rings. The number of hydrogen-bond acceptors (Lipinski definition) is 4. The van der Waals surface area contributed by atoms with Crippen molar-refractivity contribution in [2.75, 3.05) is 5.32 Å². The fraction of sp³-hybridized carbons (Fsp3) is 0.333. The number of benzene rings is 1. The lowest BCUT2D eigenvalue weighted by Crippen LogP contribution is -2.11. The quantitative estimate of drug-likeness (QED) is 0.541. The molecule has 1 unspecified atom stereocenters. The van der Waals surface area contributed by atoms with E-state index in [1.165, 1.54) is 0 Å². The van der Waals surface area contributed by atoms with E-state index in [0.29, 0.717) is 22.9 Å². The summed E-state index contributed by atoms with van der Waals surface area (Å²) in [5.74, 6) is -0.187. The van der Waals surface area contributed by atoms with E-state index in [1.54, 1.807) is 23.0 Å². The van der Waals surface area contributed by atoms with Crippen molar-refractivity contribution in [3.8, 4) is 0 Å². The van der Waals surface area contributed by atoms with Crippen LogP contribution >= 0.6 is 0 Å². The fourth-order valence-electron chi connectivity index (χ4n) is 3.48. The lowest BCUT2D eigenvalue weighted by molar-refractivity contribution is 0.102. The predicted molar refractivity (Wildman–Crippen MR) is 110 cm³/mol. The highest BCUT2D eigenvalue weighted by atomic mass is 16.1. The monoisotopic (exact) mass is 376 g/mol. The highest BCUT2D eigenvalue weighted by Gasteiger charge is 2.14. The van der Waals surface area contributed by atoms with Crippen LogP contribution in [0, 0.1) is 6.92 Å². The Bertz CT molecular complexity index is 1140. The van der Waals surface area contributed by atoms with Crippen molar-refractivity contribution >= 4 is 28.1 Å². The second-order valence-electron chi connectivity index (χ2n) is 7.15. The van der Waals surface area contributed by atoms with Gasteiger partial charge < -0.3 is 5.32 Å². The normalized spacial score (nSPS) is 12.5. The average Bonchev–Trinajstić information content (AvgIpc) is 3.29. The van der Waals surface area contributed by atoms with Gasteiger partial charge in [-0.2, -0.15) is 10.2 Å². The van der Waals surface area contributed by atoms with Crippen molar-refractivity contribution in [1.82, 2.24) is 24.4 Å². The maximum atomic E-state index is 12.8. The van der Waals surface area contributed by atoms with E-state index in [4.69, 9.17) is 0 Å². The van der Waals surface area contributed by atoms with Gasteiger partial charge in [-0.3, -0.25) is 9.48 Å². The van der Waals surface area contributed by atoms with Crippen molar-refractivity contribution in [1.29, 1.82) is 0 Å². The molecule has 3 heterocycles. The molecule has 0 aliphatic heterocycles. The second-order valence-corrected chi connectivity index (χ2v) is 7.15. The minimum atomic E-state index is -0.187. The number of rotatable bonds is 6. The van der Waals surface area contributed by atoms with Gasteiger partial charge in [-0.1, -0.05) is 20.3 Å². The summed E-state index contributed by atoms with van der Waals surface area (Å²) < 4.78 is 3.70. The molecule has 144 valence electrons. The van der Waals surface area contributed by atoms with Crippen LogP contribution in [0.3, 0.4) is 0 Å². The zero-order valence-electron chi connectivity index (χ0n) is 16.4. The van der Waals surface area contributed by atoms with Gasteiger partial charge in [-0.05, 0) is 43.5 Å². The van der Waals surface area contributed by atoms with E-state index in [2.05, 4.69) is 34.3 Å². The van der Waals surface area contributed by atoms with Gasteiger partial charge in [0.2, 0.25) is 0 Å². The lowest BCUT2D eigenvalue weighted by atomic mass is 10.1. The van der Waals surface area contributed by atoms with Crippen molar-refractivity contribution in [3.63, 3.8) is 0 Å². The van der Waals surface area contributed by atoms with E-state index in [9.17, 15) is 4.79 Å². The minimum Gasteiger partial charge on any atom is -0.317 e. The van der Waals surface area contributed by atoms with Gasteiger partial charge in [-0.15, -0.1) is 0 Å². The van der Waals surface area contributed by atoms with Crippen molar-refractivity contribution in [2.24, 2.45) is 0 Å². The van der Waals surface area contributed by atoms with Gasteiger partial charge in [0.05, 0.1) is 17.8 Å². The number of carbonyl (C=O) groups excluding carboxylic acids is 1.